The molecule has 3 heteroatoms. The van der Waals surface area contributed by atoms with Crippen molar-refractivity contribution in [3.63, 3.8) is 0 Å². The Balaban J connectivity index is 2.59. The molecule has 0 aliphatic heterocycles. The molecule has 0 fully saturated rings. The van der Waals surface area contributed by atoms with Crippen molar-refractivity contribution in [1.82, 2.24) is 0 Å². The van der Waals surface area contributed by atoms with E-state index >= 15 is 0 Å². The van der Waals surface area contributed by atoms with Gasteiger partial charge in [0.15, 0.2) is 0 Å². The fraction of sp³-hybridized carbons (Fsp3) is 0.519. The van der Waals surface area contributed by atoms with E-state index in [-0.39, 0.29) is 5.41 Å². The summed E-state index contributed by atoms with van der Waals surface area (Å²) in [6.07, 6.45) is 2.09. The van der Waals surface area contributed by atoms with Crippen molar-refractivity contribution in [3.05, 3.63) is 58.1 Å². The van der Waals surface area contributed by atoms with Gasteiger partial charge >= 0.3 is 0 Å². The Bertz CT molecular complexity index is 913. The Morgan fingerprint density at radius 2 is 1.80 bits per heavy atom. The molecule has 0 spiro atoms. The molecule has 0 amide bonds. The molecule has 3 atom stereocenters. The standard InChI is InChI=1S/C27H40NOP/c1-10-19(5)27(7,8)23-16-17(3)15-22(25(23)29)24(11-2)30-26-18(4)13-12-14-21(26)20(6)28-9/h12-16,19,24,29-30H,10-11H2,1-9H3/b28-20+. The summed E-state index contributed by atoms with van der Waals surface area (Å²) < 4.78 is 0. The van der Waals surface area contributed by atoms with Gasteiger partial charge in [0.25, 0.3) is 0 Å². The Kier molecular flexibility index (Phi) is 8.28. The Morgan fingerprint density at radius 1 is 1.13 bits per heavy atom. The van der Waals surface area contributed by atoms with E-state index in [9.17, 15) is 5.11 Å². The molecule has 0 saturated heterocycles. The first-order chi connectivity index (χ1) is 14.1. The lowest BCUT2D eigenvalue weighted by Crippen LogP contribution is -2.26. The lowest BCUT2D eigenvalue weighted by atomic mass is 9.72. The van der Waals surface area contributed by atoms with E-state index in [1.54, 1.807) is 0 Å². The van der Waals surface area contributed by atoms with Crippen LogP contribution in [-0.2, 0) is 5.41 Å². The van der Waals surface area contributed by atoms with Crippen molar-refractivity contribution in [3.8, 4) is 5.75 Å². The first-order valence-electron chi connectivity index (χ1n) is 11.2. The lowest BCUT2D eigenvalue weighted by molar-refractivity contribution is 0.320. The van der Waals surface area contributed by atoms with Crippen molar-refractivity contribution < 1.29 is 5.11 Å². The molecule has 30 heavy (non-hydrogen) atoms. The monoisotopic (exact) mass is 425 g/mol. The molecule has 2 nitrogen and oxygen atoms in total. The number of aliphatic imine (C=N–C) groups is 1. The summed E-state index contributed by atoms with van der Waals surface area (Å²) in [5, 5.41) is 12.8. The van der Waals surface area contributed by atoms with Gasteiger partial charge in [-0.15, -0.1) is 0 Å². The van der Waals surface area contributed by atoms with E-state index in [1.165, 1.54) is 22.0 Å². The molecule has 0 heterocycles. The highest BCUT2D eigenvalue weighted by Crippen LogP contribution is 2.47. The van der Waals surface area contributed by atoms with Crippen molar-refractivity contribution in [1.29, 1.82) is 0 Å². The SMILES string of the molecule is CCC(Pc1c(C)cccc1/C(C)=N/C)c1cc(C)cc(C(C)(C)C(C)CC)c1O. The number of benzene rings is 2. The number of rotatable bonds is 8. The Morgan fingerprint density at radius 3 is 2.37 bits per heavy atom. The van der Waals surface area contributed by atoms with Gasteiger partial charge in [0.1, 0.15) is 5.75 Å². The van der Waals surface area contributed by atoms with E-state index in [0.717, 1.165) is 29.7 Å². The maximum Gasteiger partial charge on any atom is 0.123 e. The Labute approximate surface area is 186 Å². The van der Waals surface area contributed by atoms with Gasteiger partial charge in [-0.25, -0.2) is 0 Å². The van der Waals surface area contributed by atoms with Crippen molar-refractivity contribution in [2.24, 2.45) is 10.9 Å². The fourth-order valence-electron chi connectivity index (χ4n) is 4.19. The molecular weight excluding hydrogens is 385 g/mol. The molecule has 0 bridgehead atoms. The second-order valence-corrected chi connectivity index (χ2v) is 10.7. The first kappa shape index (κ1) is 24.6. The molecule has 2 aromatic rings. The van der Waals surface area contributed by atoms with Crippen LogP contribution in [0.3, 0.4) is 0 Å². The Hall–Kier alpha value is -1.66. The molecule has 0 aromatic heterocycles. The van der Waals surface area contributed by atoms with Gasteiger partial charge in [0, 0.05) is 35.1 Å². The van der Waals surface area contributed by atoms with Crippen LogP contribution in [0, 0.1) is 19.8 Å². The van der Waals surface area contributed by atoms with Crippen LogP contribution in [0.2, 0.25) is 0 Å². The molecular formula is C27H40NOP. The smallest absolute Gasteiger partial charge is 0.123 e. The van der Waals surface area contributed by atoms with Gasteiger partial charge in [-0.2, -0.15) is 0 Å². The number of aryl methyl sites for hydroxylation is 2. The summed E-state index contributed by atoms with van der Waals surface area (Å²) in [7, 11) is 2.45. The highest BCUT2D eigenvalue weighted by atomic mass is 31.1. The quantitative estimate of drug-likeness (QED) is 0.351. The highest BCUT2D eigenvalue weighted by Gasteiger charge is 2.32. The van der Waals surface area contributed by atoms with Crippen molar-refractivity contribution in [2.75, 3.05) is 7.05 Å². The second kappa shape index (κ2) is 10.1. The lowest BCUT2D eigenvalue weighted by Gasteiger charge is -2.34. The molecule has 0 radical (unpaired) electrons. The van der Waals surface area contributed by atoms with E-state index in [1.807, 2.05) is 7.05 Å². The second-order valence-electron chi connectivity index (χ2n) is 9.19. The van der Waals surface area contributed by atoms with Crippen LogP contribution in [0.5, 0.6) is 5.75 Å². The minimum Gasteiger partial charge on any atom is -0.507 e. The topological polar surface area (TPSA) is 32.6 Å². The van der Waals surface area contributed by atoms with Crippen LogP contribution in [0.25, 0.3) is 0 Å². The molecule has 164 valence electrons. The number of nitrogens with zero attached hydrogens (tertiary/aromatic N) is 1. The third-order valence-corrected chi connectivity index (χ3v) is 8.94. The highest BCUT2D eigenvalue weighted by molar-refractivity contribution is 7.48. The predicted molar refractivity (Wildman–Crippen MR) is 136 cm³/mol. The summed E-state index contributed by atoms with van der Waals surface area (Å²) in [5.41, 5.74) is 7.26. The minimum absolute atomic E-state index is 0.0692. The average Bonchev–Trinajstić information content (AvgIpc) is 2.72. The number of phenolic OH excluding ortho intramolecular Hbond substituents is 1. The van der Waals surface area contributed by atoms with Gasteiger partial charge in [-0.3, -0.25) is 4.99 Å². The van der Waals surface area contributed by atoms with Crippen LogP contribution in [0.4, 0.5) is 0 Å². The number of hydrogen-bond donors (Lipinski definition) is 1. The van der Waals surface area contributed by atoms with Gasteiger partial charge in [0.05, 0.1) is 0 Å². The molecule has 1 N–H and O–H groups in total. The van der Waals surface area contributed by atoms with Crippen molar-refractivity contribution in [2.45, 2.75) is 79.3 Å². The number of aromatic hydroxyl groups is 1. The molecule has 0 aliphatic rings. The zero-order valence-corrected chi connectivity index (χ0v) is 21.4. The van der Waals surface area contributed by atoms with Crippen LogP contribution < -0.4 is 5.30 Å². The van der Waals surface area contributed by atoms with Gasteiger partial charge in [-0.1, -0.05) is 85.5 Å². The summed E-state index contributed by atoms with van der Waals surface area (Å²) in [6, 6.07) is 10.9. The summed E-state index contributed by atoms with van der Waals surface area (Å²) in [4.78, 5) is 4.44. The third-order valence-electron chi connectivity index (χ3n) is 6.92. The van der Waals surface area contributed by atoms with Crippen LogP contribution in [0.1, 0.15) is 87.9 Å². The maximum absolute atomic E-state index is 11.4. The molecule has 3 unspecified atom stereocenters. The van der Waals surface area contributed by atoms with Gasteiger partial charge < -0.3 is 5.11 Å². The largest absolute Gasteiger partial charge is 0.507 e. The van der Waals surface area contributed by atoms with E-state index < -0.39 is 0 Å². The van der Waals surface area contributed by atoms with Crippen LogP contribution >= 0.6 is 8.58 Å². The average molecular weight is 426 g/mol. The zero-order chi connectivity index (χ0) is 22.6. The van der Waals surface area contributed by atoms with Gasteiger partial charge in [0.2, 0.25) is 0 Å². The molecule has 2 rings (SSSR count). The summed E-state index contributed by atoms with van der Waals surface area (Å²) in [5.74, 6) is 0.994. The van der Waals surface area contributed by atoms with Gasteiger partial charge in [-0.05, 0) is 49.4 Å². The molecule has 0 saturated carbocycles. The van der Waals surface area contributed by atoms with Crippen LogP contribution in [-0.4, -0.2) is 17.9 Å². The fourth-order valence-corrected chi connectivity index (χ4v) is 5.85. The maximum atomic E-state index is 11.4. The minimum atomic E-state index is -0.0692. The predicted octanol–water partition coefficient (Wildman–Crippen LogP) is 7.23. The first-order valence-corrected chi connectivity index (χ1v) is 12.3. The molecule has 0 aliphatic carbocycles. The van der Waals surface area contributed by atoms with E-state index in [2.05, 4.69) is 90.7 Å². The number of hydrogen-bond acceptors (Lipinski definition) is 2. The number of phenols is 1. The third kappa shape index (κ3) is 4.97. The van der Waals surface area contributed by atoms with Crippen LogP contribution in [0.15, 0.2) is 35.3 Å². The summed E-state index contributed by atoms with van der Waals surface area (Å²) in [6.45, 7) is 17.7. The normalized spacial score (nSPS) is 15.0. The zero-order valence-electron chi connectivity index (χ0n) is 20.4. The molecule has 2 aromatic carbocycles. The summed E-state index contributed by atoms with van der Waals surface area (Å²) >= 11 is 0. The van der Waals surface area contributed by atoms with E-state index in [4.69, 9.17) is 0 Å². The van der Waals surface area contributed by atoms with Crippen molar-refractivity contribution >= 4 is 19.6 Å². The van der Waals surface area contributed by atoms with E-state index in [0.29, 0.717) is 25.9 Å².